The Morgan fingerprint density at radius 1 is 1.16 bits per heavy atom. The van der Waals surface area contributed by atoms with Crippen LogP contribution < -0.4 is 5.32 Å². The minimum absolute atomic E-state index is 0.0778. The van der Waals surface area contributed by atoms with Crippen molar-refractivity contribution in [1.82, 2.24) is 5.32 Å². The Hall–Kier alpha value is -1.10. The van der Waals surface area contributed by atoms with E-state index in [2.05, 4.69) is 5.32 Å². The maximum Gasteiger partial charge on any atom is 0.307 e. The zero-order valence-corrected chi connectivity index (χ0v) is 11.3. The molecule has 2 aliphatic rings. The number of aliphatic carboxylic acids is 1. The Labute approximate surface area is 113 Å². The molecule has 2 rings (SSSR count). The van der Waals surface area contributed by atoms with Crippen LogP contribution in [-0.2, 0) is 14.3 Å². The van der Waals surface area contributed by atoms with Gasteiger partial charge in [0.15, 0.2) is 0 Å². The summed E-state index contributed by atoms with van der Waals surface area (Å²) in [6.45, 7) is 2.25. The van der Waals surface area contributed by atoms with Crippen LogP contribution in [0.3, 0.4) is 0 Å². The van der Waals surface area contributed by atoms with Crippen LogP contribution in [0.2, 0.25) is 0 Å². The molecule has 108 valence electrons. The standard InChI is InChI=1S/C14H23NO4/c16-13(15-7-5-10-6-8-19-9-10)11-3-1-2-4-12(11)14(17)18/h10-12H,1-9H2,(H,15,16)(H,17,18). The summed E-state index contributed by atoms with van der Waals surface area (Å²) >= 11 is 0. The van der Waals surface area contributed by atoms with E-state index in [-0.39, 0.29) is 11.8 Å². The van der Waals surface area contributed by atoms with Gasteiger partial charge in [-0.15, -0.1) is 0 Å². The normalized spacial score (nSPS) is 31.1. The van der Waals surface area contributed by atoms with Crippen molar-refractivity contribution in [2.75, 3.05) is 19.8 Å². The van der Waals surface area contributed by atoms with Crippen LogP contribution in [0.5, 0.6) is 0 Å². The van der Waals surface area contributed by atoms with Crippen molar-refractivity contribution >= 4 is 11.9 Å². The zero-order valence-electron chi connectivity index (χ0n) is 11.3. The van der Waals surface area contributed by atoms with Crippen molar-refractivity contribution in [2.24, 2.45) is 17.8 Å². The van der Waals surface area contributed by atoms with Crippen LogP contribution in [0.4, 0.5) is 0 Å². The average molecular weight is 269 g/mol. The lowest BCUT2D eigenvalue weighted by Gasteiger charge is -2.27. The third kappa shape index (κ3) is 3.93. The van der Waals surface area contributed by atoms with Gasteiger partial charge in [-0.2, -0.15) is 0 Å². The van der Waals surface area contributed by atoms with Gasteiger partial charge < -0.3 is 15.2 Å². The van der Waals surface area contributed by atoms with Crippen LogP contribution in [0.1, 0.15) is 38.5 Å². The van der Waals surface area contributed by atoms with Gasteiger partial charge in [0.1, 0.15) is 0 Å². The van der Waals surface area contributed by atoms with Crippen molar-refractivity contribution in [3.63, 3.8) is 0 Å². The van der Waals surface area contributed by atoms with E-state index in [0.717, 1.165) is 38.9 Å². The molecule has 2 fully saturated rings. The molecule has 0 aromatic carbocycles. The first kappa shape index (κ1) is 14.3. The molecule has 2 N–H and O–H groups in total. The van der Waals surface area contributed by atoms with E-state index in [9.17, 15) is 9.59 Å². The maximum absolute atomic E-state index is 12.1. The fourth-order valence-electron chi connectivity index (χ4n) is 3.08. The topological polar surface area (TPSA) is 75.6 Å². The van der Waals surface area contributed by atoms with E-state index >= 15 is 0 Å². The number of nitrogens with one attached hydrogen (secondary N) is 1. The number of amides is 1. The van der Waals surface area contributed by atoms with Gasteiger partial charge in [0.2, 0.25) is 5.91 Å². The molecule has 0 radical (unpaired) electrons. The highest BCUT2D eigenvalue weighted by molar-refractivity contribution is 5.84. The predicted octanol–water partition coefficient (Wildman–Crippen LogP) is 1.42. The van der Waals surface area contributed by atoms with Gasteiger partial charge in [0.25, 0.3) is 0 Å². The molecule has 0 spiro atoms. The molecule has 1 aliphatic carbocycles. The van der Waals surface area contributed by atoms with Crippen LogP contribution in [0.15, 0.2) is 0 Å². The van der Waals surface area contributed by atoms with Gasteiger partial charge in [0, 0.05) is 19.8 Å². The lowest BCUT2D eigenvalue weighted by atomic mass is 9.78. The van der Waals surface area contributed by atoms with Crippen molar-refractivity contribution < 1.29 is 19.4 Å². The molecule has 1 aliphatic heterocycles. The molecule has 1 saturated carbocycles. The van der Waals surface area contributed by atoms with Gasteiger partial charge in [-0.05, 0) is 31.6 Å². The highest BCUT2D eigenvalue weighted by atomic mass is 16.5. The molecule has 0 aromatic rings. The van der Waals surface area contributed by atoms with Crippen LogP contribution in [-0.4, -0.2) is 36.7 Å². The highest BCUT2D eigenvalue weighted by Crippen LogP contribution is 2.30. The fourth-order valence-corrected chi connectivity index (χ4v) is 3.08. The number of ether oxygens (including phenoxy) is 1. The molecule has 1 amide bonds. The molecule has 0 aromatic heterocycles. The molecule has 1 heterocycles. The Morgan fingerprint density at radius 2 is 1.89 bits per heavy atom. The van der Waals surface area contributed by atoms with Crippen molar-refractivity contribution in [2.45, 2.75) is 38.5 Å². The summed E-state index contributed by atoms with van der Waals surface area (Å²) in [5, 5.41) is 12.1. The minimum atomic E-state index is -0.830. The molecule has 3 unspecified atom stereocenters. The van der Waals surface area contributed by atoms with Crippen molar-refractivity contribution in [3.8, 4) is 0 Å². The van der Waals surface area contributed by atoms with E-state index < -0.39 is 11.9 Å². The van der Waals surface area contributed by atoms with Crippen molar-refractivity contribution in [1.29, 1.82) is 0 Å². The summed E-state index contributed by atoms with van der Waals surface area (Å²) in [5.41, 5.74) is 0. The number of hydrogen-bond acceptors (Lipinski definition) is 3. The third-order valence-corrected chi connectivity index (χ3v) is 4.30. The summed E-state index contributed by atoms with van der Waals surface area (Å²) in [5.74, 6) is -1.20. The monoisotopic (exact) mass is 269 g/mol. The molecule has 3 atom stereocenters. The lowest BCUT2D eigenvalue weighted by molar-refractivity contribution is -0.148. The number of hydrogen-bond donors (Lipinski definition) is 2. The molecular weight excluding hydrogens is 246 g/mol. The first-order valence-corrected chi connectivity index (χ1v) is 7.26. The second-order valence-electron chi connectivity index (χ2n) is 5.64. The Balaban J connectivity index is 1.75. The van der Waals surface area contributed by atoms with E-state index in [4.69, 9.17) is 9.84 Å². The average Bonchev–Trinajstić information content (AvgIpc) is 2.91. The van der Waals surface area contributed by atoms with E-state index in [0.29, 0.717) is 25.3 Å². The highest BCUT2D eigenvalue weighted by Gasteiger charge is 2.35. The fraction of sp³-hybridized carbons (Fsp3) is 0.857. The van der Waals surface area contributed by atoms with E-state index in [1.807, 2.05) is 0 Å². The van der Waals surface area contributed by atoms with Gasteiger partial charge in [-0.25, -0.2) is 0 Å². The predicted molar refractivity (Wildman–Crippen MR) is 69.6 cm³/mol. The lowest BCUT2D eigenvalue weighted by Crippen LogP contribution is -2.40. The minimum Gasteiger partial charge on any atom is -0.481 e. The largest absolute Gasteiger partial charge is 0.481 e. The van der Waals surface area contributed by atoms with Crippen LogP contribution in [0.25, 0.3) is 0 Å². The number of rotatable bonds is 5. The summed E-state index contributed by atoms with van der Waals surface area (Å²) in [4.78, 5) is 23.2. The Bertz CT molecular complexity index is 325. The summed E-state index contributed by atoms with van der Waals surface area (Å²) in [6.07, 6.45) is 5.20. The molecular formula is C14H23NO4. The second-order valence-corrected chi connectivity index (χ2v) is 5.64. The SMILES string of the molecule is O=C(O)C1CCCCC1C(=O)NCCC1CCOC1. The summed E-state index contributed by atoms with van der Waals surface area (Å²) in [6, 6.07) is 0. The molecule has 1 saturated heterocycles. The van der Waals surface area contributed by atoms with Crippen LogP contribution >= 0.6 is 0 Å². The Morgan fingerprint density at radius 3 is 2.53 bits per heavy atom. The van der Waals surface area contributed by atoms with Gasteiger partial charge in [-0.3, -0.25) is 9.59 Å². The quantitative estimate of drug-likeness (QED) is 0.791. The van der Waals surface area contributed by atoms with Gasteiger partial charge in [0.05, 0.1) is 11.8 Å². The van der Waals surface area contributed by atoms with Gasteiger partial charge in [-0.1, -0.05) is 12.8 Å². The number of carbonyl (C=O) groups excluding carboxylic acids is 1. The number of carbonyl (C=O) groups is 2. The number of carboxylic acid groups (broad SMARTS) is 1. The second kappa shape index (κ2) is 6.89. The smallest absolute Gasteiger partial charge is 0.307 e. The molecule has 0 bridgehead atoms. The van der Waals surface area contributed by atoms with Crippen molar-refractivity contribution in [3.05, 3.63) is 0 Å². The summed E-state index contributed by atoms with van der Waals surface area (Å²) in [7, 11) is 0. The number of carboxylic acids is 1. The first-order chi connectivity index (χ1) is 9.18. The molecule has 5 nitrogen and oxygen atoms in total. The first-order valence-electron chi connectivity index (χ1n) is 7.26. The van der Waals surface area contributed by atoms with E-state index in [1.165, 1.54) is 0 Å². The Kier molecular flexibility index (Phi) is 5.19. The maximum atomic E-state index is 12.1. The van der Waals surface area contributed by atoms with E-state index in [1.54, 1.807) is 0 Å². The third-order valence-electron chi connectivity index (χ3n) is 4.30. The van der Waals surface area contributed by atoms with Crippen LogP contribution in [0, 0.1) is 17.8 Å². The zero-order chi connectivity index (χ0) is 13.7. The molecule has 19 heavy (non-hydrogen) atoms. The van der Waals surface area contributed by atoms with Gasteiger partial charge >= 0.3 is 5.97 Å². The molecule has 5 heteroatoms. The summed E-state index contributed by atoms with van der Waals surface area (Å²) < 4.78 is 5.29.